The van der Waals surface area contributed by atoms with Crippen LogP contribution < -0.4 is 0 Å². The van der Waals surface area contributed by atoms with Crippen molar-refractivity contribution in [2.45, 2.75) is 6.42 Å². The summed E-state index contributed by atoms with van der Waals surface area (Å²) < 4.78 is 4.61. The number of hydrogen-bond acceptors (Lipinski definition) is 2. The van der Waals surface area contributed by atoms with E-state index in [0.717, 1.165) is 5.92 Å². The van der Waals surface area contributed by atoms with Crippen molar-refractivity contribution in [3.8, 4) is 0 Å². The van der Waals surface area contributed by atoms with E-state index in [1.54, 1.807) is 6.08 Å². The van der Waals surface area contributed by atoms with E-state index in [-0.39, 0.29) is 5.97 Å². The SMILES string of the molecule is C=C[C]1COC(=O)C1. The highest BCUT2D eigenvalue weighted by Gasteiger charge is 2.20. The maximum atomic E-state index is 10.3. The second-order valence-corrected chi connectivity index (χ2v) is 1.70. The molecule has 1 fully saturated rings. The Labute approximate surface area is 48.1 Å². The molecule has 2 heteroatoms. The molecule has 0 atom stereocenters. The first-order valence-electron chi connectivity index (χ1n) is 2.45. The van der Waals surface area contributed by atoms with Gasteiger partial charge < -0.3 is 4.74 Å². The van der Waals surface area contributed by atoms with E-state index >= 15 is 0 Å². The molecule has 0 aromatic rings. The zero-order valence-electron chi connectivity index (χ0n) is 4.52. The molecule has 1 aliphatic heterocycles. The van der Waals surface area contributed by atoms with Crippen molar-refractivity contribution < 1.29 is 9.53 Å². The normalized spacial score (nSPS) is 20.8. The zero-order chi connectivity index (χ0) is 5.98. The van der Waals surface area contributed by atoms with Crippen LogP contribution in [0.1, 0.15) is 6.42 Å². The molecule has 1 heterocycles. The van der Waals surface area contributed by atoms with Crippen LogP contribution in [0.25, 0.3) is 0 Å². The molecular formula is C6H7O2. The Morgan fingerprint density at radius 2 is 2.50 bits per heavy atom. The van der Waals surface area contributed by atoms with Crippen LogP contribution in [0, 0.1) is 5.92 Å². The van der Waals surface area contributed by atoms with Gasteiger partial charge in [-0.3, -0.25) is 4.79 Å². The molecule has 0 spiro atoms. The summed E-state index contributed by atoms with van der Waals surface area (Å²) >= 11 is 0. The van der Waals surface area contributed by atoms with E-state index in [9.17, 15) is 4.79 Å². The lowest BCUT2D eigenvalue weighted by Crippen LogP contribution is -1.88. The Morgan fingerprint density at radius 3 is 2.75 bits per heavy atom. The van der Waals surface area contributed by atoms with Crippen molar-refractivity contribution in [2.75, 3.05) is 6.61 Å². The molecule has 0 bridgehead atoms. The standard InChI is InChI=1S/C6H7O2/c1-2-5-3-6(7)8-4-5/h2H,1,3-4H2. The van der Waals surface area contributed by atoms with E-state index in [1.165, 1.54) is 0 Å². The molecule has 1 radical (unpaired) electrons. The smallest absolute Gasteiger partial charge is 0.306 e. The average molecular weight is 111 g/mol. The van der Waals surface area contributed by atoms with Gasteiger partial charge in [0.2, 0.25) is 0 Å². The summed E-state index contributed by atoms with van der Waals surface area (Å²) in [6.07, 6.45) is 2.11. The number of rotatable bonds is 1. The molecule has 43 valence electrons. The number of hydrogen-bond donors (Lipinski definition) is 0. The van der Waals surface area contributed by atoms with Crippen LogP contribution in [0.3, 0.4) is 0 Å². The molecule has 0 saturated carbocycles. The van der Waals surface area contributed by atoms with Crippen molar-refractivity contribution in [3.63, 3.8) is 0 Å². The first-order valence-corrected chi connectivity index (χ1v) is 2.45. The van der Waals surface area contributed by atoms with Crippen LogP contribution in [0.4, 0.5) is 0 Å². The Kier molecular flexibility index (Phi) is 1.33. The first kappa shape index (κ1) is 5.35. The van der Waals surface area contributed by atoms with E-state index in [4.69, 9.17) is 0 Å². The van der Waals surface area contributed by atoms with Gasteiger partial charge in [-0.15, -0.1) is 6.58 Å². The molecule has 0 amide bonds. The molecule has 0 N–H and O–H groups in total. The zero-order valence-corrected chi connectivity index (χ0v) is 4.52. The molecule has 1 saturated heterocycles. The summed E-state index contributed by atoms with van der Waals surface area (Å²) in [7, 11) is 0. The average Bonchev–Trinajstić information content (AvgIpc) is 2.14. The van der Waals surface area contributed by atoms with Crippen molar-refractivity contribution in [1.82, 2.24) is 0 Å². The number of cyclic esters (lactones) is 1. The topological polar surface area (TPSA) is 26.3 Å². The lowest BCUT2D eigenvalue weighted by Gasteiger charge is -1.89. The van der Waals surface area contributed by atoms with E-state index in [1.807, 2.05) is 0 Å². The molecular weight excluding hydrogens is 104 g/mol. The highest BCUT2D eigenvalue weighted by Crippen LogP contribution is 2.15. The van der Waals surface area contributed by atoms with E-state index in [2.05, 4.69) is 11.3 Å². The molecule has 1 rings (SSSR count). The van der Waals surface area contributed by atoms with Gasteiger partial charge >= 0.3 is 5.97 Å². The Morgan fingerprint density at radius 1 is 1.75 bits per heavy atom. The minimum atomic E-state index is -0.139. The predicted octanol–water partition coefficient (Wildman–Crippen LogP) is 0.694. The van der Waals surface area contributed by atoms with Gasteiger partial charge in [0, 0.05) is 5.92 Å². The maximum Gasteiger partial charge on any atom is 0.306 e. The van der Waals surface area contributed by atoms with Crippen LogP contribution >= 0.6 is 0 Å². The molecule has 0 aromatic carbocycles. The molecule has 2 nitrogen and oxygen atoms in total. The Balaban J connectivity index is 2.43. The van der Waals surface area contributed by atoms with Gasteiger partial charge in [0.25, 0.3) is 0 Å². The molecule has 8 heavy (non-hydrogen) atoms. The third kappa shape index (κ3) is 0.886. The highest BCUT2D eigenvalue weighted by atomic mass is 16.5. The van der Waals surface area contributed by atoms with Gasteiger partial charge in [0.05, 0.1) is 6.42 Å². The monoisotopic (exact) mass is 111 g/mol. The minimum Gasteiger partial charge on any atom is -0.465 e. The fourth-order valence-corrected chi connectivity index (χ4v) is 0.592. The number of ether oxygens (including phenoxy) is 1. The van der Waals surface area contributed by atoms with E-state index in [0.29, 0.717) is 13.0 Å². The van der Waals surface area contributed by atoms with Crippen molar-refractivity contribution in [3.05, 3.63) is 18.6 Å². The molecule has 0 unspecified atom stereocenters. The Hall–Kier alpha value is -0.790. The summed E-state index contributed by atoms with van der Waals surface area (Å²) in [5.41, 5.74) is 0. The molecule has 0 aliphatic carbocycles. The van der Waals surface area contributed by atoms with Crippen LogP contribution in [-0.4, -0.2) is 12.6 Å². The maximum absolute atomic E-state index is 10.3. The van der Waals surface area contributed by atoms with Gasteiger partial charge in [-0.25, -0.2) is 0 Å². The molecule has 1 aliphatic rings. The summed E-state index contributed by atoms with van der Waals surface area (Å²) in [5.74, 6) is 0.843. The predicted molar refractivity (Wildman–Crippen MR) is 29.0 cm³/mol. The van der Waals surface area contributed by atoms with Crippen molar-refractivity contribution in [1.29, 1.82) is 0 Å². The fraction of sp³-hybridized carbons (Fsp3) is 0.333. The van der Waals surface area contributed by atoms with Gasteiger partial charge in [-0.05, 0) is 0 Å². The lowest BCUT2D eigenvalue weighted by atomic mass is 10.1. The van der Waals surface area contributed by atoms with Crippen LogP contribution in [0.15, 0.2) is 12.7 Å². The van der Waals surface area contributed by atoms with Crippen LogP contribution in [0.2, 0.25) is 0 Å². The summed E-state index contributed by atoms with van der Waals surface area (Å²) in [6.45, 7) is 3.95. The minimum absolute atomic E-state index is 0.139. The van der Waals surface area contributed by atoms with Gasteiger partial charge in [-0.1, -0.05) is 6.08 Å². The number of carbonyl (C=O) groups excluding carboxylic acids is 1. The number of esters is 1. The largest absolute Gasteiger partial charge is 0.465 e. The van der Waals surface area contributed by atoms with Gasteiger partial charge in [-0.2, -0.15) is 0 Å². The first-order chi connectivity index (χ1) is 3.83. The van der Waals surface area contributed by atoms with Gasteiger partial charge in [0.15, 0.2) is 0 Å². The highest BCUT2D eigenvalue weighted by molar-refractivity contribution is 5.75. The summed E-state index contributed by atoms with van der Waals surface area (Å²) in [5, 5.41) is 0. The Bertz CT molecular complexity index is 118. The number of carbonyl (C=O) groups is 1. The van der Waals surface area contributed by atoms with Gasteiger partial charge in [0.1, 0.15) is 6.61 Å². The third-order valence-corrected chi connectivity index (χ3v) is 1.08. The fourth-order valence-electron chi connectivity index (χ4n) is 0.592. The molecule has 0 aromatic heterocycles. The quantitative estimate of drug-likeness (QED) is 0.465. The van der Waals surface area contributed by atoms with Crippen LogP contribution in [0.5, 0.6) is 0 Å². The lowest BCUT2D eigenvalue weighted by molar-refractivity contribution is -0.137. The second kappa shape index (κ2) is 1.99. The van der Waals surface area contributed by atoms with Crippen molar-refractivity contribution >= 4 is 5.97 Å². The van der Waals surface area contributed by atoms with Crippen LogP contribution in [-0.2, 0) is 9.53 Å². The van der Waals surface area contributed by atoms with E-state index < -0.39 is 0 Å². The van der Waals surface area contributed by atoms with Crippen molar-refractivity contribution in [2.24, 2.45) is 0 Å². The second-order valence-electron chi connectivity index (χ2n) is 1.70. The summed E-state index contributed by atoms with van der Waals surface area (Å²) in [6, 6.07) is 0. The third-order valence-electron chi connectivity index (χ3n) is 1.08. The summed E-state index contributed by atoms with van der Waals surface area (Å²) in [4.78, 5) is 10.3.